The number of hydrogen-bond acceptors (Lipinski definition) is 11. The fourth-order valence-corrected chi connectivity index (χ4v) is 3.72. The van der Waals surface area contributed by atoms with Crippen molar-refractivity contribution in [1.82, 2.24) is 14.8 Å². The number of pyridine rings is 1. The summed E-state index contributed by atoms with van der Waals surface area (Å²) in [6, 6.07) is 5.54. The first-order chi connectivity index (χ1) is 16.5. The highest BCUT2D eigenvalue weighted by Gasteiger charge is 2.20. The fourth-order valence-electron chi connectivity index (χ4n) is 3.72. The number of aliphatic hydroxyl groups excluding tert-OH is 8. The van der Waals surface area contributed by atoms with E-state index in [-0.39, 0.29) is 76.5 Å². The van der Waals surface area contributed by atoms with Crippen molar-refractivity contribution >= 4 is 0 Å². The number of aromatic nitrogens is 1. The summed E-state index contributed by atoms with van der Waals surface area (Å²) in [4.78, 5) is 8.56. The van der Waals surface area contributed by atoms with Crippen LogP contribution in [0.2, 0.25) is 0 Å². The van der Waals surface area contributed by atoms with E-state index >= 15 is 0 Å². The van der Waals surface area contributed by atoms with E-state index in [0.717, 1.165) is 11.4 Å². The van der Waals surface area contributed by atoms with Crippen molar-refractivity contribution in [1.29, 1.82) is 0 Å². The highest BCUT2D eigenvalue weighted by atomic mass is 16.3. The van der Waals surface area contributed by atoms with Crippen LogP contribution in [0.4, 0.5) is 0 Å². The third-order valence-corrected chi connectivity index (χ3v) is 5.77. The Morgan fingerprint density at radius 2 is 0.765 bits per heavy atom. The van der Waals surface area contributed by atoms with Crippen LogP contribution in [0.5, 0.6) is 0 Å². The summed E-state index contributed by atoms with van der Waals surface area (Å²) < 4.78 is 0. The van der Waals surface area contributed by atoms with Gasteiger partial charge in [0.05, 0.1) is 11.4 Å². The van der Waals surface area contributed by atoms with Crippen LogP contribution in [0, 0.1) is 23.7 Å². The van der Waals surface area contributed by atoms with Crippen LogP contribution >= 0.6 is 0 Å². The van der Waals surface area contributed by atoms with Gasteiger partial charge in [0, 0.05) is 116 Å². The predicted molar refractivity (Wildman–Crippen MR) is 125 cm³/mol. The van der Waals surface area contributed by atoms with Gasteiger partial charge in [-0.15, -0.1) is 0 Å². The van der Waals surface area contributed by atoms with Crippen molar-refractivity contribution in [3.63, 3.8) is 0 Å². The van der Waals surface area contributed by atoms with Gasteiger partial charge in [0.15, 0.2) is 0 Å². The molecule has 8 N–H and O–H groups in total. The van der Waals surface area contributed by atoms with E-state index in [1.165, 1.54) is 0 Å². The molecular weight excluding hydrogens is 446 g/mol. The lowest BCUT2D eigenvalue weighted by molar-refractivity contribution is 0.0703. The Morgan fingerprint density at radius 3 is 1.00 bits per heavy atom. The summed E-state index contributed by atoms with van der Waals surface area (Å²) in [7, 11) is 0. The second-order valence-corrected chi connectivity index (χ2v) is 8.93. The smallest absolute Gasteiger partial charge is 0.0547 e. The van der Waals surface area contributed by atoms with Gasteiger partial charge in [-0.05, 0) is 12.1 Å². The van der Waals surface area contributed by atoms with E-state index in [0.29, 0.717) is 39.3 Å². The molecule has 0 aliphatic heterocycles. The van der Waals surface area contributed by atoms with E-state index in [1.54, 1.807) is 0 Å². The first-order valence-corrected chi connectivity index (χ1v) is 11.7. The molecule has 11 heteroatoms. The first kappa shape index (κ1) is 30.8. The SMILES string of the molecule is OCC(CO)CN(Cc1cccc(CN(CC(CO)CO)CC(CO)CO)n1)CC(CO)CO. The molecule has 0 aliphatic rings. The zero-order valence-corrected chi connectivity index (χ0v) is 19.9. The lowest BCUT2D eigenvalue weighted by atomic mass is 10.1. The zero-order chi connectivity index (χ0) is 25.3. The summed E-state index contributed by atoms with van der Waals surface area (Å²) in [6.07, 6.45) is 0. The number of rotatable bonds is 20. The standard InChI is InChI=1S/C23H43N3O8/c27-10-18(11-28)4-25(5-19(12-29)13-30)8-22-2-1-3-23(24-22)9-26(6-20(14-31)15-32)7-21(16-33)17-34/h1-3,18-21,27-34H,4-17H2. The van der Waals surface area contributed by atoms with E-state index in [9.17, 15) is 40.9 Å². The lowest BCUT2D eigenvalue weighted by Crippen LogP contribution is -2.38. The molecule has 0 saturated heterocycles. The van der Waals surface area contributed by atoms with Crippen molar-refractivity contribution in [3.8, 4) is 0 Å². The highest BCUT2D eigenvalue weighted by Crippen LogP contribution is 2.13. The van der Waals surface area contributed by atoms with Crippen LogP contribution in [-0.4, -0.2) is 135 Å². The Balaban J connectivity index is 3.00. The Kier molecular flexibility index (Phi) is 16.4. The number of aliphatic hydroxyl groups is 8. The zero-order valence-electron chi connectivity index (χ0n) is 19.9. The van der Waals surface area contributed by atoms with Crippen LogP contribution < -0.4 is 0 Å². The molecule has 11 nitrogen and oxygen atoms in total. The summed E-state index contributed by atoms with van der Waals surface area (Å²) in [6.45, 7) is 0.720. The minimum Gasteiger partial charge on any atom is -0.396 e. The molecule has 34 heavy (non-hydrogen) atoms. The molecule has 0 amide bonds. The molecule has 0 radical (unpaired) electrons. The lowest BCUT2D eigenvalue weighted by Gasteiger charge is -2.29. The summed E-state index contributed by atoms with van der Waals surface area (Å²) in [5.74, 6) is -1.45. The third kappa shape index (κ3) is 11.5. The maximum atomic E-state index is 9.48. The largest absolute Gasteiger partial charge is 0.396 e. The molecule has 1 rings (SSSR count). The van der Waals surface area contributed by atoms with E-state index in [2.05, 4.69) is 0 Å². The van der Waals surface area contributed by atoms with Crippen LogP contribution in [-0.2, 0) is 13.1 Å². The molecule has 0 spiro atoms. The molecule has 1 heterocycles. The number of hydrogen-bond donors (Lipinski definition) is 8. The highest BCUT2D eigenvalue weighted by molar-refractivity contribution is 5.11. The van der Waals surface area contributed by atoms with E-state index < -0.39 is 0 Å². The Hall–Kier alpha value is -1.25. The van der Waals surface area contributed by atoms with Crippen molar-refractivity contribution in [3.05, 3.63) is 29.6 Å². The first-order valence-electron chi connectivity index (χ1n) is 11.7. The van der Waals surface area contributed by atoms with E-state index in [1.807, 2.05) is 28.0 Å². The quantitative estimate of drug-likeness (QED) is 0.0940. The topological polar surface area (TPSA) is 181 Å². The minimum atomic E-state index is -0.362. The Labute approximate surface area is 201 Å². The average molecular weight is 490 g/mol. The normalized spacial score (nSPS) is 12.4. The van der Waals surface area contributed by atoms with Gasteiger partial charge in [0.25, 0.3) is 0 Å². The van der Waals surface area contributed by atoms with Gasteiger partial charge in [0.1, 0.15) is 0 Å². The summed E-state index contributed by atoms with van der Waals surface area (Å²) >= 11 is 0. The summed E-state index contributed by atoms with van der Waals surface area (Å²) in [5, 5.41) is 75.8. The van der Waals surface area contributed by atoms with Gasteiger partial charge in [-0.3, -0.25) is 14.8 Å². The molecular formula is C23H43N3O8. The molecule has 0 unspecified atom stereocenters. The number of nitrogens with zero attached hydrogens (tertiary/aromatic N) is 3. The second kappa shape index (κ2) is 18.1. The summed E-state index contributed by atoms with van der Waals surface area (Å²) in [5.41, 5.74) is 1.45. The maximum absolute atomic E-state index is 9.48. The third-order valence-electron chi connectivity index (χ3n) is 5.77. The van der Waals surface area contributed by atoms with E-state index in [4.69, 9.17) is 4.98 Å². The molecule has 0 aromatic carbocycles. The van der Waals surface area contributed by atoms with Crippen LogP contribution in [0.3, 0.4) is 0 Å². The Morgan fingerprint density at radius 1 is 0.500 bits per heavy atom. The van der Waals surface area contributed by atoms with Crippen molar-refractivity contribution in [2.24, 2.45) is 23.7 Å². The van der Waals surface area contributed by atoms with Gasteiger partial charge >= 0.3 is 0 Å². The van der Waals surface area contributed by atoms with Crippen molar-refractivity contribution in [2.75, 3.05) is 79.0 Å². The maximum Gasteiger partial charge on any atom is 0.0547 e. The molecule has 0 aliphatic carbocycles. The van der Waals surface area contributed by atoms with Crippen LogP contribution in [0.1, 0.15) is 11.4 Å². The molecule has 0 bridgehead atoms. The molecule has 1 aromatic rings. The monoisotopic (exact) mass is 489 g/mol. The van der Waals surface area contributed by atoms with Gasteiger partial charge in [-0.1, -0.05) is 6.07 Å². The molecule has 0 atom stereocenters. The Bertz CT molecular complexity index is 549. The van der Waals surface area contributed by atoms with Crippen LogP contribution in [0.15, 0.2) is 18.2 Å². The second-order valence-electron chi connectivity index (χ2n) is 8.93. The average Bonchev–Trinajstić information content (AvgIpc) is 2.87. The van der Waals surface area contributed by atoms with Gasteiger partial charge < -0.3 is 40.9 Å². The molecule has 0 saturated carbocycles. The predicted octanol–water partition coefficient (Wildman–Crippen LogP) is -2.91. The van der Waals surface area contributed by atoms with Crippen molar-refractivity contribution < 1.29 is 40.9 Å². The molecule has 0 fully saturated rings. The van der Waals surface area contributed by atoms with Gasteiger partial charge in [-0.25, -0.2) is 0 Å². The minimum absolute atomic E-state index is 0.188. The molecule has 1 aromatic heterocycles. The van der Waals surface area contributed by atoms with Crippen LogP contribution in [0.25, 0.3) is 0 Å². The van der Waals surface area contributed by atoms with Gasteiger partial charge in [-0.2, -0.15) is 0 Å². The molecule has 198 valence electrons. The fraction of sp³-hybridized carbons (Fsp3) is 0.783. The van der Waals surface area contributed by atoms with Crippen molar-refractivity contribution in [2.45, 2.75) is 13.1 Å². The van der Waals surface area contributed by atoms with Gasteiger partial charge in [0.2, 0.25) is 0 Å².